The molecule has 2 aromatic rings. The van der Waals surface area contributed by atoms with Crippen molar-refractivity contribution < 1.29 is 0 Å². The van der Waals surface area contributed by atoms with E-state index in [1.165, 1.54) is 5.56 Å². The van der Waals surface area contributed by atoms with Crippen molar-refractivity contribution in [3.8, 4) is 11.4 Å². The number of hydrogen-bond acceptors (Lipinski definition) is 4. The van der Waals surface area contributed by atoms with Crippen LogP contribution in [-0.2, 0) is 6.42 Å². The molecule has 106 valence electrons. The Balaban J connectivity index is 2.30. The summed E-state index contributed by atoms with van der Waals surface area (Å²) >= 11 is 3.43. The van der Waals surface area contributed by atoms with Gasteiger partial charge in [-0.2, -0.15) is 0 Å². The maximum absolute atomic E-state index is 4.62. The summed E-state index contributed by atoms with van der Waals surface area (Å²) in [6.07, 6.45) is 4.51. The van der Waals surface area contributed by atoms with E-state index in [2.05, 4.69) is 43.1 Å². The topological polar surface area (TPSA) is 50.7 Å². The highest BCUT2D eigenvalue weighted by atomic mass is 79.9. The minimum Gasteiger partial charge on any atom is -0.317 e. The van der Waals surface area contributed by atoms with Crippen molar-refractivity contribution in [1.29, 1.82) is 0 Å². The van der Waals surface area contributed by atoms with E-state index >= 15 is 0 Å². The number of likely N-dealkylation sites (N-methyl/N-ethyl adjacent to an activating group) is 1. The van der Waals surface area contributed by atoms with Gasteiger partial charge < -0.3 is 5.32 Å². The Morgan fingerprint density at radius 2 is 1.85 bits per heavy atom. The summed E-state index contributed by atoms with van der Waals surface area (Å²) < 4.78 is 0.935. The van der Waals surface area contributed by atoms with E-state index in [-0.39, 0.29) is 0 Å². The van der Waals surface area contributed by atoms with Crippen LogP contribution in [0.1, 0.15) is 23.9 Å². The van der Waals surface area contributed by atoms with Gasteiger partial charge >= 0.3 is 0 Å². The van der Waals surface area contributed by atoms with Crippen molar-refractivity contribution in [2.75, 3.05) is 13.1 Å². The molecule has 0 radical (unpaired) electrons. The highest BCUT2D eigenvalue weighted by Crippen LogP contribution is 2.21. The van der Waals surface area contributed by atoms with Gasteiger partial charge in [-0.1, -0.05) is 6.92 Å². The van der Waals surface area contributed by atoms with Crippen LogP contribution >= 0.6 is 15.9 Å². The molecule has 0 aromatic carbocycles. The normalized spacial score (nSPS) is 10.8. The van der Waals surface area contributed by atoms with Crippen LogP contribution in [-0.4, -0.2) is 28.0 Å². The number of aromatic nitrogens is 3. The molecular weight excluding hydrogens is 316 g/mol. The van der Waals surface area contributed by atoms with Gasteiger partial charge in [0.25, 0.3) is 0 Å². The zero-order chi connectivity index (χ0) is 14.5. The molecule has 20 heavy (non-hydrogen) atoms. The Morgan fingerprint density at radius 3 is 2.45 bits per heavy atom. The number of rotatable bonds is 5. The van der Waals surface area contributed by atoms with Gasteiger partial charge in [0.05, 0.1) is 0 Å². The highest BCUT2D eigenvalue weighted by molar-refractivity contribution is 9.10. The summed E-state index contributed by atoms with van der Waals surface area (Å²) in [5.41, 5.74) is 4.26. The molecule has 2 aromatic heterocycles. The van der Waals surface area contributed by atoms with Crippen LogP contribution in [0.3, 0.4) is 0 Å². The summed E-state index contributed by atoms with van der Waals surface area (Å²) in [5.74, 6) is 0.737. The van der Waals surface area contributed by atoms with Gasteiger partial charge in [0.1, 0.15) is 0 Å². The Bertz CT molecular complexity index is 575. The van der Waals surface area contributed by atoms with Crippen LogP contribution in [0.25, 0.3) is 11.4 Å². The van der Waals surface area contributed by atoms with E-state index in [9.17, 15) is 0 Å². The monoisotopic (exact) mass is 334 g/mol. The maximum Gasteiger partial charge on any atom is 0.161 e. The van der Waals surface area contributed by atoms with E-state index in [0.717, 1.165) is 46.8 Å². The third kappa shape index (κ3) is 3.61. The molecule has 2 rings (SSSR count). The van der Waals surface area contributed by atoms with Crippen molar-refractivity contribution in [3.63, 3.8) is 0 Å². The molecular formula is C15H19BrN4. The summed E-state index contributed by atoms with van der Waals surface area (Å²) in [6, 6.07) is 1.99. The van der Waals surface area contributed by atoms with Crippen molar-refractivity contribution in [3.05, 3.63) is 39.9 Å². The van der Waals surface area contributed by atoms with Crippen molar-refractivity contribution in [1.82, 2.24) is 20.3 Å². The Hall–Kier alpha value is -1.33. The lowest BCUT2D eigenvalue weighted by Crippen LogP contribution is -2.17. The van der Waals surface area contributed by atoms with Crippen LogP contribution in [0, 0.1) is 13.8 Å². The average molecular weight is 335 g/mol. The molecule has 0 spiro atoms. The molecule has 0 aliphatic heterocycles. The lowest BCUT2D eigenvalue weighted by atomic mass is 10.1. The van der Waals surface area contributed by atoms with Gasteiger partial charge in [-0.15, -0.1) is 0 Å². The molecule has 0 fully saturated rings. The van der Waals surface area contributed by atoms with E-state index in [0.29, 0.717) is 0 Å². The Labute approximate surface area is 128 Å². The first-order valence-corrected chi connectivity index (χ1v) is 7.57. The van der Waals surface area contributed by atoms with Crippen molar-refractivity contribution in [2.45, 2.75) is 27.2 Å². The lowest BCUT2D eigenvalue weighted by Gasteiger charge is -2.11. The second kappa shape index (κ2) is 6.90. The second-order valence-electron chi connectivity index (χ2n) is 4.69. The fourth-order valence-electron chi connectivity index (χ4n) is 2.15. The molecule has 0 saturated heterocycles. The fourth-order valence-corrected chi connectivity index (χ4v) is 2.52. The maximum atomic E-state index is 4.62. The molecule has 0 bridgehead atoms. The summed E-state index contributed by atoms with van der Waals surface area (Å²) in [6.45, 7) is 8.15. The quantitative estimate of drug-likeness (QED) is 0.853. The molecule has 0 aliphatic carbocycles. The molecule has 1 N–H and O–H groups in total. The lowest BCUT2D eigenvalue weighted by molar-refractivity contribution is 0.708. The van der Waals surface area contributed by atoms with Gasteiger partial charge in [0.15, 0.2) is 5.82 Å². The van der Waals surface area contributed by atoms with Gasteiger partial charge in [0, 0.05) is 33.8 Å². The Morgan fingerprint density at radius 1 is 1.15 bits per heavy atom. The predicted octanol–water partition coefficient (Wildman–Crippen LogP) is 3.07. The summed E-state index contributed by atoms with van der Waals surface area (Å²) in [5, 5.41) is 3.33. The summed E-state index contributed by atoms with van der Waals surface area (Å²) in [4.78, 5) is 13.4. The van der Waals surface area contributed by atoms with Crippen LogP contribution < -0.4 is 5.32 Å². The largest absolute Gasteiger partial charge is 0.317 e. The number of pyridine rings is 1. The van der Waals surface area contributed by atoms with E-state index in [4.69, 9.17) is 0 Å². The molecule has 2 heterocycles. The average Bonchev–Trinajstić information content (AvgIpc) is 2.41. The fraction of sp³-hybridized carbons (Fsp3) is 0.400. The summed E-state index contributed by atoms with van der Waals surface area (Å²) in [7, 11) is 0. The number of halogens is 1. The predicted molar refractivity (Wildman–Crippen MR) is 84.7 cm³/mol. The minimum absolute atomic E-state index is 0.737. The van der Waals surface area contributed by atoms with Crippen molar-refractivity contribution >= 4 is 15.9 Å². The van der Waals surface area contributed by atoms with Crippen LogP contribution in [0.15, 0.2) is 22.9 Å². The van der Waals surface area contributed by atoms with E-state index in [1.807, 2.05) is 19.9 Å². The number of aryl methyl sites for hydroxylation is 2. The molecule has 0 aliphatic rings. The second-order valence-corrected chi connectivity index (χ2v) is 5.61. The van der Waals surface area contributed by atoms with E-state index in [1.54, 1.807) is 12.4 Å². The SMILES string of the molecule is CCNCCc1c(C)nc(-c2cncc(Br)c2)nc1C. The van der Waals surface area contributed by atoms with Gasteiger partial charge in [-0.05, 0) is 60.9 Å². The zero-order valence-electron chi connectivity index (χ0n) is 12.1. The first-order valence-electron chi connectivity index (χ1n) is 6.77. The molecule has 0 saturated carbocycles. The molecule has 0 unspecified atom stereocenters. The van der Waals surface area contributed by atoms with Crippen LogP contribution in [0.2, 0.25) is 0 Å². The third-order valence-corrected chi connectivity index (χ3v) is 3.62. The first-order chi connectivity index (χ1) is 9.61. The molecule has 5 heteroatoms. The highest BCUT2D eigenvalue weighted by Gasteiger charge is 2.10. The van der Waals surface area contributed by atoms with Gasteiger partial charge in [-0.3, -0.25) is 4.98 Å². The smallest absolute Gasteiger partial charge is 0.161 e. The molecule has 0 amide bonds. The standard InChI is InChI=1S/C15H19BrN4/c1-4-17-6-5-14-10(2)19-15(20-11(14)3)12-7-13(16)9-18-8-12/h7-9,17H,4-6H2,1-3H3. The first kappa shape index (κ1) is 15.1. The molecule has 0 atom stereocenters. The third-order valence-electron chi connectivity index (χ3n) is 3.19. The van der Waals surface area contributed by atoms with Gasteiger partial charge in [-0.25, -0.2) is 9.97 Å². The molecule has 4 nitrogen and oxygen atoms in total. The zero-order valence-corrected chi connectivity index (χ0v) is 13.7. The van der Waals surface area contributed by atoms with Crippen LogP contribution in [0.5, 0.6) is 0 Å². The van der Waals surface area contributed by atoms with Crippen LogP contribution in [0.4, 0.5) is 0 Å². The number of nitrogens with one attached hydrogen (secondary N) is 1. The number of hydrogen-bond donors (Lipinski definition) is 1. The van der Waals surface area contributed by atoms with E-state index < -0.39 is 0 Å². The van der Waals surface area contributed by atoms with Crippen molar-refractivity contribution in [2.24, 2.45) is 0 Å². The minimum atomic E-state index is 0.737. The number of nitrogens with zero attached hydrogens (tertiary/aromatic N) is 3. The van der Waals surface area contributed by atoms with Gasteiger partial charge in [0.2, 0.25) is 0 Å². The Kier molecular flexibility index (Phi) is 5.20.